The summed E-state index contributed by atoms with van der Waals surface area (Å²) in [6.07, 6.45) is 1.50. The average Bonchev–Trinajstić information content (AvgIpc) is 3.45. The third-order valence-corrected chi connectivity index (χ3v) is 6.67. The van der Waals surface area contributed by atoms with Crippen LogP contribution in [0.3, 0.4) is 0 Å². The second-order valence-corrected chi connectivity index (χ2v) is 8.78. The third kappa shape index (κ3) is 3.63. The summed E-state index contributed by atoms with van der Waals surface area (Å²) in [4.78, 5) is 31.3. The van der Waals surface area contributed by atoms with Gasteiger partial charge in [0.05, 0.1) is 11.6 Å². The molecule has 158 valence electrons. The fraction of sp³-hybridized carbons (Fsp3) is 0.261. The van der Waals surface area contributed by atoms with E-state index in [-0.39, 0.29) is 24.5 Å². The summed E-state index contributed by atoms with van der Waals surface area (Å²) in [5, 5.41) is 6.42. The van der Waals surface area contributed by atoms with Gasteiger partial charge in [-0.1, -0.05) is 18.2 Å². The Morgan fingerprint density at radius 1 is 1.06 bits per heavy atom. The molecule has 1 aliphatic heterocycles. The van der Waals surface area contributed by atoms with E-state index in [1.54, 1.807) is 18.2 Å². The van der Waals surface area contributed by atoms with Crippen molar-refractivity contribution in [3.63, 3.8) is 0 Å². The van der Waals surface area contributed by atoms with Gasteiger partial charge >= 0.3 is 0 Å². The van der Waals surface area contributed by atoms with Gasteiger partial charge in [0.2, 0.25) is 12.7 Å². The van der Waals surface area contributed by atoms with Crippen LogP contribution in [0.5, 0.6) is 11.5 Å². The second kappa shape index (κ2) is 7.70. The number of fused-ring (bicyclic) bond motifs is 2. The number of rotatable bonds is 4. The molecule has 31 heavy (non-hydrogen) atoms. The number of aromatic nitrogens is 1. The normalized spacial score (nSPS) is 16.1. The first-order chi connectivity index (χ1) is 15.0. The first-order valence-corrected chi connectivity index (χ1v) is 10.9. The number of hydrogen-bond donors (Lipinski definition) is 2. The van der Waals surface area contributed by atoms with E-state index in [9.17, 15) is 9.59 Å². The number of nitrogens with zero attached hydrogens (tertiary/aromatic N) is 1. The van der Waals surface area contributed by atoms with Gasteiger partial charge in [-0.05, 0) is 56.0 Å². The molecule has 2 N–H and O–H groups in total. The van der Waals surface area contributed by atoms with Crippen LogP contribution in [0, 0.1) is 13.8 Å². The fourth-order valence-corrected chi connectivity index (χ4v) is 5.00. The number of hydrogen-bond acceptors (Lipinski definition) is 6. The van der Waals surface area contributed by atoms with Gasteiger partial charge in [-0.2, -0.15) is 0 Å². The molecule has 0 spiro atoms. The highest BCUT2D eigenvalue weighted by molar-refractivity contribution is 7.16. The minimum atomic E-state index is -0.318. The molecule has 1 atom stereocenters. The van der Waals surface area contributed by atoms with Crippen LogP contribution in [0.4, 0.5) is 10.8 Å². The Labute approximate surface area is 183 Å². The molecule has 2 aromatic carbocycles. The molecule has 0 fully saturated rings. The molecule has 1 unspecified atom stereocenters. The standard InChI is InChI=1S/C23H21N3O4S/c1-12-4-3-5-13(2)19(12)24-22(28)15-7-9-18-20(15)25-23(31-18)26-21(27)14-6-8-16-17(10-14)30-11-29-16/h3-6,8,10,15H,7,9,11H2,1-2H3,(H,24,28)(H,25,26,27). The van der Waals surface area contributed by atoms with Crippen LogP contribution < -0.4 is 20.1 Å². The highest BCUT2D eigenvalue weighted by atomic mass is 32.1. The molecule has 2 aliphatic rings. The number of carbonyl (C=O) groups excluding carboxylic acids is 2. The zero-order chi connectivity index (χ0) is 21.5. The van der Waals surface area contributed by atoms with E-state index in [4.69, 9.17) is 9.47 Å². The number of benzene rings is 2. The van der Waals surface area contributed by atoms with Crippen LogP contribution in [0.2, 0.25) is 0 Å². The first kappa shape index (κ1) is 19.6. The van der Waals surface area contributed by atoms with Gasteiger partial charge in [0.25, 0.3) is 5.91 Å². The van der Waals surface area contributed by atoms with Gasteiger partial charge in [-0.15, -0.1) is 11.3 Å². The predicted octanol–water partition coefficient (Wildman–Crippen LogP) is 4.41. The number of amides is 2. The van der Waals surface area contributed by atoms with E-state index in [1.807, 2.05) is 32.0 Å². The Morgan fingerprint density at radius 2 is 1.84 bits per heavy atom. The number of thiazole rings is 1. The zero-order valence-electron chi connectivity index (χ0n) is 17.2. The van der Waals surface area contributed by atoms with Crippen LogP contribution in [0.25, 0.3) is 0 Å². The molecule has 2 heterocycles. The van der Waals surface area contributed by atoms with Gasteiger partial charge in [-0.3, -0.25) is 14.9 Å². The number of carbonyl (C=O) groups is 2. The monoisotopic (exact) mass is 435 g/mol. The van der Waals surface area contributed by atoms with Crippen molar-refractivity contribution in [2.75, 3.05) is 17.4 Å². The maximum atomic E-state index is 13.0. The van der Waals surface area contributed by atoms with Gasteiger partial charge < -0.3 is 14.8 Å². The Morgan fingerprint density at radius 3 is 2.65 bits per heavy atom. The number of anilines is 2. The van der Waals surface area contributed by atoms with Crippen LogP contribution >= 0.6 is 11.3 Å². The molecule has 3 aromatic rings. The van der Waals surface area contributed by atoms with Crippen molar-refractivity contribution in [1.29, 1.82) is 0 Å². The number of ether oxygens (including phenoxy) is 2. The number of para-hydroxylation sites is 1. The molecule has 0 radical (unpaired) electrons. The van der Waals surface area contributed by atoms with Crippen molar-refractivity contribution in [3.05, 3.63) is 63.7 Å². The lowest BCUT2D eigenvalue weighted by molar-refractivity contribution is -0.117. The summed E-state index contributed by atoms with van der Waals surface area (Å²) < 4.78 is 10.6. The fourth-order valence-electron chi connectivity index (χ4n) is 3.96. The van der Waals surface area contributed by atoms with Crippen molar-refractivity contribution in [1.82, 2.24) is 4.98 Å². The summed E-state index contributed by atoms with van der Waals surface area (Å²) in [6.45, 7) is 4.12. The molecule has 1 aliphatic carbocycles. The molecule has 0 saturated carbocycles. The smallest absolute Gasteiger partial charge is 0.257 e. The van der Waals surface area contributed by atoms with Gasteiger partial charge in [-0.25, -0.2) is 4.98 Å². The molecule has 0 saturated heterocycles. The molecule has 1 aromatic heterocycles. The quantitative estimate of drug-likeness (QED) is 0.634. The minimum absolute atomic E-state index is 0.0601. The minimum Gasteiger partial charge on any atom is -0.454 e. The SMILES string of the molecule is Cc1cccc(C)c1NC(=O)C1CCc2sc(NC(=O)c3ccc4c(c3)OCO4)nc21. The van der Waals surface area contributed by atoms with Crippen molar-refractivity contribution >= 4 is 34.0 Å². The number of nitrogens with one attached hydrogen (secondary N) is 2. The van der Waals surface area contributed by atoms with E-state index >= 15 is 0 Å². The van der Waals surface area contributed by atoms with Crippen LogP contribution in [0.15, 0.2) is 36.4 Å². The van der Waals surface area contributed by atoms with Crippen LogP contribution in [-0.2, 0) is 11.2 Å². The zero-order valence-corrected chi connectivity index (χ0v) is 18.0. The van der Waals surface area contributed by atoms with Crippen LogP contribution in [0.1, 0.15) is 44.4 Å². The lowest BCUT2D eigenvalue weighted by Crippen LogP contribution is -2.21. The van der Waals surface area contributed by atoms with E-state index < -0.39 is 0 Å². The molecule has 8 heteroatoms. The van der Waals surface area contributed by atoms with E-state index in [2.05, 4.69) is 15.6 Å². The summed E-state index contributed by atoms with van der Waals surface area (Å²) in [5.41, 5.74) is 4.13. The highest BCUT2D eigenvalue weighted by Gasteiger charge is 2.33. The van der Waals surface area contributed by atoms with E-state index in [0.717, 1.165) is 40.2 Å². The Bertz CT molecular complexity index is 1180. The Balaban J connectivity index is 1.31. The summed E-state index contributed by atoms with van der Waals surface area (Å²) >= 11 is 1.43. The predicted molar refractivity (Wildman–Crippen MR) is 118 cm³/mol. The molecule has 0 bridgehead atoms. The maximum absolute atomic E-state index is 13.0. The molecule has 7 nitrogen and oxygen atoms in total. The lowest BCUT2D eigenvalue weighted by Gasteiger charge is -2.14. The summed E-state index contributed by atoms with van der Waals surface area (Å²) in [5.74, 6) is 0.527. The summed E-state index contributed by atoms with van der Waals surface area (Å²) in [6, 6.07) is 11.0. The topological polar surface area (TPSA) is 89.6 Å². The first-order valence-electron chi connectivity index (χ1n) is 10.1. The van der Waals surface area contributed by atoms with Crippen LogP contribution in [-0.4, -0.2) is 23.6 Å². The maximum Gasteiger partial charge on any atom is 0.257 e. The largest absolute Gasteiger partial charge is 0.454 e. The molecular weight excluding hydrogens is 414 g/mol. The number of aryl methyl sites for hydroxylation is 3. The van der Waals surface area contributed by atoms with Crippen molar-refractivity contribution in [3.8, 4) is 11.5 Å². The average molecular weight is 436 g/mol. The van der Waals surface area contributed by atoms with Gasteiger partial charge in [0.1, 0.15) is 0 Å². The second-order valence-electron chi connectivity index (χ2n) is 7.70. The van der Waals surface area contributed by atoms with Crippen molar-refractivity contribution in [2.24, 2.45) is 0 Å². The third-order valence-electron chi connectivity index (χ3n) is 5.62. The van der Waals surface area contributed by atoms with Gasteiger partial charge in [0, 0.05) is 16.1 Å². The van der Waals surface area contributed by atoms with Crippen molar-refractivity contribution in [2.45, 2.75) is 32.6 Å². The lowest BCUT2D eigenvalue weighted by atomic mass is 10.0. The summed E-state index contributed by atoms with van der Waals surface area (Å²) in [7, 11) is 0. The highest BCUT2D eigenvalue weighted by Crippen LogP contribution is 2.39. The molecular formula is C23H21N3O4S. The van der Waals surface area contributed by atoms with E-state index in [0.29, 0.717) is 22.2 Å². The van der Waals surface area contributed by atoms with Gasteiger partial charge in [0.15, 0.2) is 16.6 Å². The Kier molecular flexibility index (Phi) is 4.86. The Hall–Kier alpha value is -3.39. The van der Waals surface area contributed by atoms with Crippen molar-refractivity contribution < 1.29 is 19.1 Å². The van der Waals surface area contributed by atoms with E-state index in [1.165, 1.54) is 11.3 Å². The molecule has 2 amide bonds. The molecule has 5 rings (SSSR count).